The average molecular weight is 352 g/mol. The van der Waals surface area contributed by atoms with Gasteiger partial charge in [-0.25, -0.2) is 18.2 Å². The monoisotopic (exact) mass is 352 g/mol. The van der Waals surface area contributed by atoms with Gasteiger partial charge in [-0.3, -0.25) is 4.40 Å². The largest absolute Gasteiger partial charge is 0.494 e. The van der Waals surface area contributed by atoms with Crippen molar-refractivity contribution in [3.8, 4) is 0 Å². The molecule has 0 aliphatic carbocycles. The summed E-state index contributed by atoms with van der Waals surface area (Å²) in [5.74, 6) is -0.520. The van der Waals surface area contributed by atoms with E-state index in [0.29, 0.717) is 23.6 Å². The van der Waals surface area contributed by atoms with E-state index in [1.54, 1.807) is 25.3 Å². The molecule has 130 valence electrons. The number of fused-ring (bicyclic) bond motifs is 1. The number of carbonyl (C=O) groups is 1. The smallest absolute Gasteiger partial charge is 0.359 e. The van der Waals surface area contributed by atoms with Gasteiger partial charge in [-0.15, -0.1) is 0 Å². The lowest BCUT2D eigenvalue weighted by Gasteiger charge is -2.09. The van der Waals surface area contributed by atoms with Crippen molar-refractivity contribution in [2.75, 3.05) is 19.0 Å². The van der Waals surface area contributed by atoms with Gasteiger partial charge in [-0.05, 0) is 26.0 Å². The quantitative estimate of drug-likeness (QED) is 0.561. The van der Waals surface area contributed by atoms with Crippen LogP contribution in [0.25, 0.3) is 11.4 Å². The first kappa shape index (κ1) is 18.0. The summed E-state index contributed by atoms with van der Waals surface area (Å²) >= 11 is 0. The van der Waals surface area contributed by atoms with Crippen molar-refractivity contribution >= 4 is 27.2 Å². The van der Waals surface area contributed by atoms with E-state index in [2.05, 4.69) is 11.6 Å². The van der Waals surface area contributed by atoms with Crippen LogP contribution in [0.2, 0.25) is 0 Å². The second kappa shape index (κ2) is 7.04. The molecule has 0 aromatic carbocycles. The zero-order valence-corrected chi connectivity index (χ0v) is 14.7. The van der Waals surface area contributed by atoms with Crippen LogP contribution in [0, 0.1) is 0 Å². The van der Waals surface area contributed by atoms with Crippen molar-refractivity contribution in [3.05, 3.63) is 36.2 Å². The second-order valence-corrected chi connectivity index (χ2v) is 7.09. The Bertz CT molecular complexity index is 883. The van der Waals surface area contributed by atoms with Gasteiger partial charge in [0.05, 0.1) is 19.0 Å². The number of ether oxygens (including phenoxy) is 2. The Morgan fingerprint density at radius 1 is 1.21 bits per heavy atom. The Hall–Kier alpha value is -2.35. The number of aromatic nitrogens is 2. The first-order chi connectivity index (χ1) is 11.4. The Morgan fingerprint density at radius 3 is 2.46 bits per heavy atom. The van der Waals surface area contributed by atoms with Crippen LogP contribution in [0.1, 0.15) is 36.8 Å². The highest BCUT2D eigenvalue weighted by molar-refractivity contribution is 7.91. The minimum Gasteiger partial charge on any atom is -0.494 e. The van der Waals surface area contributed by atoms with Crippen LogP contribution in [0.4, 0.5) is 0 Å². The molecule has 0 saturated carbocycles. The van der Waals surface area contributed by atoms with E-state index in [4.69, 9.17) is 9.47 Å². The molecule has 7 nitrogen and oxygen atoms in total. The maximum absolute atomic E-state index is 12.5. The highest BCUT2D eigenvalue weighted by Crippen LogP contribution is 2.23. The van der Waals surface area contributed by atoms with Gasteiger partial charge in [-0.2, -0.15) is 0 Å². The molecule has 0 amide bonds. The molecule has 0 bridgehead atoms. The number of sulfone groups is 1. The van der Waals surface area contributed by atoms with E-state index < -0.39 is 15.8 Å². The molecule has 0 radical (unpaired) electrons. The van der Waals surface area contributed by atoms with Crippen molar-refractivity contribution < 1.29 is 22.7 Å². The summed E-state index contributed by atoms with van der Waals surface area (Å²) in [6.45, 7) is 9.35. The van der Waals surface area contributed by atoms with Crippen molar-refractivity contribution in [1.82, 2.24) is 9.38 Å². The summed E-state index contributed by atoms with van der Waals surface area (Å²) in [7, 11) is -3.70. The molecule has 2 rings (SSSR count). The maximum Gasteiger partial charge on any atom is 0.359 e. The number of hydrogen-bond acceptors (Lipinski definition) is 6. The van der Waals surface area contributed by atoms with Crippen molar-refractivity contribution in [2.24, 2.45) is 0 Å². The van der Waals surface area contributed by atoms with Gasteiger partial charge in [0.15, 0.2) is 20.6 Å². The number of pyridine rings is 1. The molecular formula is C16H20N2O5S. The molecule has 0 N–H and O–H groups in total. The molecule has 8 heteroatoms. The number of esters is 1. The number of nitrogens with zero attached hydrogens (tertiary/aromatic N) is 2. The third-order valence-corrected chi connectivity index (χ3v) is 5.10. The molecule has 0 atom stereocenters. The number of hydrogen-bond donors (Lipinski definition) is 0. The maximum atomic E-state index is 12.5. The Labute approximate surface area is 140 Å². The summed E-state index contributed by atoms with van der Waals surface area (Å²) in [4.78, 5) is 16.2. The lowest BCUT2D eigenvalue weighted by Crippen LogP contribution is -2.14. The number of carbonyl (C=O) groups excluding carboxylic acids is 1. The summed E-state index contributed by atoms with van der Waals surface area (Å²) in [6, 6.07) is 3.31. The number of imidazole rings is 1. The normalized spacial score (nSPS) is 11.5. The van der Waals surface area contributed by atoms with Gasteiger partial charge in [-0.1, -0.05) is 13.5 Å². The predicted octanol–water partition coefficient (Wildman–Crippen LogP) is 2.31. The highest BCUT2D eigenvalue weighted by Gasteiger charge is 2.29. The molecule has 0 saturated heterocycles. The molecule has 0 fully saturated rings. The van der Waals surface area contributed by atoms with Gasteiger partial charge >= 0.3 is 5.97 Å². The first-order valence-electron chi connectivity index (χ1n) is 7.59. The van der Waals surface area contributed by atoms with Gasteiger partial charge in [0, 0.05) is 11.8 Å². The van der Waals surface area contributed by atoms with Crippen molar-refractivity contribution in [2.45, 2.75) is 25.8 Å². The zero-order chi connectivity index (χ0) is 17.9. The van der Waals surface area contributed by atoms with Gasteiger partial charge in [0.1, 0.15) is 11.4 Å². The zero-order valence-electron chi connectivity index (χ0n) is 13.9. The van der Waals surface area contributed by atoms with Gasteiger partial charge < -0.3 is 9.47 Å². The first-order valence-corrected chi connectivity index (χ1v) is 9.24. The van der Waals surface area contributed by atoms with Crippen molar-refractivity contribution in [1.29, 1.82) is 0 Å². The summed E-state index contributed by atoms with van der Waals surface area (Å²) < 4.78 is 36.6. The second-order valence-electron chi connectivity index (χ2n) is 4.89. The summed E-state index contributed by atoms with van der Waals surface area (Å²) in [5, 5.41) is -0.176. The molecule has 2 aromatic rings. The van der Waals surface area contributed by atoms with Gasteiger partial charge in [0.2, 0.25) is 0 Å². The average Bonchev–Trinajstić information content (AvgIpc) is 2.94. The van der Waals surface area contributed by atoms with E-state index in [9.17, 15) is 13.2 Å². The van der Waals surface area contributed by atoms with E-state index in [-0.39, 0.29) is 23.1 Å². The summed E-state index contributed by atoms with van der Waals surface area (Å²) in [6.07, 6.45) is 1.55. The fraction of sp³-hybridized carbons (Fsp3) is 0.375. The van der Waals surface area contributed by atoms with Crippen LogP contribution in [0.5, 0.6) is 0 Å². The van der Waals surface area contributed by atoms with Crippen LogP contribution in [-0.2, 0) is 19.3 Å². The molecular weight excluding hydrogens is 332 g/mol. The molecule has 24 heavy (non-hydrogen) atoms. The lowest BCUT2D eigenvalue weighted by molar-refractivity contribution is 0.0515. The molecule has 2 heterocycles. The Kier molecular flexibility index (Phi) is 5.28. The van der Waals surface area contributed by atoms with Gasteiger partial charge in [0.25, 0.3) is 0 Å². The topological polar surface area (TPSA) is 87.0 Å². The van der Waals surface area contributed by atoms with E-state index in [0.717, 1.165) is 0 Å². The fourth-order valence-electron chi connectivity index (χ4n) is 2.21. The molecule has 0 aliphatic rings. The Morgan fingerprint density at radius 2 is 1.88 bits per heavy atom. The number of rotatable bonds is 7. The molecule has 0 aliphatic heterocycles. The van der Waals surface area contributed by atoms with Crippen LogP contribution in [-0.4, -0.2) is 42.7 Å². The van der Waals surface area contributed by atoms with Crippen LogP contribution >= 0.6 is 0 Å². The Balaban J connectivity index is 2.73. The standard InChI is InChI=1S/C16H20N2O5S/c1-5-22-11(4)12-8-9-13-17-14(16(19)23-6-2)15(18(13)10-12)24(20,21)7-3/h8-10H,4-7H2,1-3H3. The molecule has 2 aromatic heterocycles. The SMILES string of the molecule is C=C(OCC)c1ccc2nc(C(=O)OCC)c(S(=O)(=O)CC)n2c1. The molecule has 0 unspecified atom stereocenters. The van der Waals surface area contributed by atoms with Crippen molar-refractivity contribution in [3.63, 3.8) is 0 Å². The third-order valence-electron chi connectivity index (χ3n) is 3.36. The highest BCUT2D eigenvalue weighted by atomic mass is 32.2. The lowest BCUT2D eigenvalue weighted by atomic mass is 10.2. The minimum absolute atomic E-state index is 0.130. The van der Waals surface area contributed by atoms with E-state index in [1.807, 2.05) is 6.92 Å². The molecule has 0 spiro atoms. The summed E-state index contributed by atoms with van der Waals surface area (Å²) in [5.41, 5.74) is 0.723. The van der Waals surface area contributed by atoms with Crippen LogP contribution < -0.4 is 0 Å². The third kappa shape index (κ3) is 3.28. The van der Waals surface area contributed by atoms with Crippen LogP contribution in [0.15, 0.2) is 29.9 Å². The van der Waals surface area contributed by atoms with E-state index >= 15 is 0 Å². The van der Waals surface area contributed by atoms with E-state index in [1.165, 1.54) is 11.3 Å². The predicted molar refractivity (Wildman–Crippen MR) is 89.5 cm³/mol. The van der Waals surface area contributed by atoms with Crippen LogP contribution in [0.3, 0.4) is 0 Å². The fourth-order valence-corrected chi connectivity index (χ4v) is 3.35. The minimum atomic E-state index is -3.70.